The maximum absolute atomic E-state index is 10.6. The molecule has 0 fully saturated rings. The van der Waals surface area contributed by atoms with Crippen LogP contribution >= 0.6 is 0 Å². The molecule has 15 heavy (non-hydrogen) atoms. The predicted molar refractivity (Wildman–Crippen MR) is 50.6 cm³/mol. The summed E-state index contributed by atoms with van der Waals surface area (Å²) in [4.78, 5) is 20.0. The Labute approximate surface area is 84.8 Å². The molecule has 1 heterocycles. The topological polar surface area (TPSA) is 98.3 Å². The monoisotopic (exact) mass is 211 g/mol. The lowest BCUT2D eigenvalue weighted by Gasteiger charge is -2.04. The average Bonchev–Trinajstić information content (AvgIpc) is 2.61. The van der Waals surface area contributed by atoms with Gasteiger partial charge in [-0.05, 0) is 13.0 Å². The molecule has 0 aliphatic carbocycles. The normalized spacial score (nSPS) is 12.9. The van der Waals surface area contributed by atoms with Gasteiger partial charge in [0.2, 0.25) is 6.20 Å². The fraction of sp³-hybridized carbons (Fsp3) is 0.250. The summed E-state index contributed by atoms with van der Waals surface area (Å²) in [7, 11) is 0. The van der Waals surface area contributed by atoms with Crippen molar-refractivity contribution in [3.8, 4) is 0 Å². The summed E-state index contributed by atoms with van der Waals surface area (Å²) in [5.41, 5.74) is 0.347. The summed E-state index contributed by atoms with van der Waals surface area (Å²) < 4.78 is 1.22. The van der Waals surface area contributed by atoms with Gasteiger partial charge < -0.3 is 5.11 Å². The minimum Gasteiger partial charge on any atom is -0.480 e. The Morgan fingerprint density at radius 3 is 3.00 bits per heavy atom. The lowest BCUT2D eigenvalue weighted by atomic mass is 10.4. The molecule has 0 spiro atoms. The molecule has 7 heteroatoms. The first-order chi connectivity index (χ1) is 7.00. The number of carboxylic acid groups (broad SMARTS) is 1. The first-order valence-corrected chi connectivity index (χ1v) is 4.10. The van der Waals surface area contributed by atoms with E-state index in [4.69, 9.17) is 5.11 Å². The zero-order chi connectivity index (χ0) is 11.4. The van der Waals surface area contributed by atoms with Gasteiger partial charge in [-0.3, -0.25) is 14.8 Å². The van der Waals surface area contributed by atoms with Crippen LogP contribution in [0.1, 0.15) is 18.7 Å². The Balaban J connectivity index is 2.81. The Bertz CT molecular complexity index is 410. The summed E-state index contributed by atoms with van der Waals surface area (Å²) in [6.07, 6.45) is 3.40. The van der Waals surface area contributed by atoms with Gasteiger partial charge >= 0.3 is 5.97 Å². The summed E-state index contributed by atoms with van der Waals surface area (Å²) in [6, 6.07) is 0.710. The predicted octanol–water partition coefficient (Wildman–Crippen LogP) is 0.776. The smallest absolute Gasteiger partial charge is 0.328 e. The van der Waals surface area contributed by atoms with E-state index in [-0.39, 0.29) is 0 Å². The van der Waals surface area contributed by atoms with E-state index in [1.165, 1.54) is 29.9 Å². The number of carbonyl (C=O) groups is 1. The van der Waals surface area contributed by atoms with E-state index in [0.717, 1.165) is 6.20 Å². The van der Waals surface area contributed by atoms with Crippen molar-refractivity contribution in [1.29, 1.82) is 0 Å². The van der Waals surface area contributed by atoms with Gasteiger partial charge in [0.1, 0.15) is 6.04 Å². The van der Waals surface area contributed by atoms with Gasteiger partial charge in [-0.2, -0.15) is 5.10 Å². The third-order valence-electron chi connectivity index (χ3n) is 1.75. The number of hydrogen-bond acceptors (Lipinski definition) is 4. The largest absolute Gasteiger partial charge is 0.480 e. The van der Waals surface area contributed by atoms with Crippen molar-refractivity contribution in [2.75, 3.05) is 0 Å². The summed E-state index contributed by atoms with van der Waals surface area (Å²) >= 11 is 0. The van der Waals surface area contributed by atoms with E-state index < -0.39 is 16.9 Å². The SMILES string of the molecule is CC(C(=O)O)n1ccc(C=C[N+](=O)[O-])n1. The number of aliphatic carboxylic acids is 1. The molecule has 0 bridgehead atoms. The van der Waals surface area contributed by atoms with Gasteiger partial charge in [-0.25, -0.2) is 4.79 Å². The quantitative estimate of drug-likeness (QED) is 0.586. The molecule has 1 rings (SSSR count). The molecule has 0 aliphatic heterocycles. The number of aromatic nitrogens is 2. The first kappa shape index (κ1) is 10.9. The summed E-state index contributed by atoms with van der Waals surface area (Å²) in [5, 5.41) is 22.5. The second-order valence-corrected chi connectivity index (χ2v) is 2.84. The molecule has 1 aromatic heterocycles. The zero-order valence-electron chi connectivity index (χ0n) is 7.90. The van der Waals surface area contributed by atoms with Crippen molar-refractivity contribution in [3.63, 3.8) is 0 Å². The minimum atomic E-state index is -1.01. The zero-order valence-corrected chi connectivity index (χ0v) is 7.90. The molecule has 80 valence electrons. The van der Waals surface area contributed by atoms with Crippen LogP contribution in [-0.4, -0.2) is 25.8 Å². The third kappa shape index (κ3) is 2.90. The third-order valence-corrected chi connectivity index (χ3v) is 1.75. The average molecular weight is 211 g/mol. The number of carboxylic acids is 1. The lowest BCUT2D eigenvalue weighted by Crippen LogP contribution is -2.15. The van der Waals surface area contributed by atoms with E-state index in [1.54, 1.807) is 0 Å². The van der Waals surface area contributed by atoms with Crippen molar-refractivity contribution in [2.24, 2.45) is 0 Å². The van der Waals surface area contributed by atoms with Gasteiger partial charge in [0.05, 0.1) is 10.6 Å². The first-order valence-electron chi connectivity index (χ1n) is 4.10. The molecule has 7 nitrogen and oxygen atoms in total. The highest BCUT2D eigenvalue weighted by atomic mass is 16.6. The van der Waals surface area contributed by atoms with E-state index in [1.807, 2.05) is 0 Å². The molecule has 0 aromatic carbocycles. The Kier molecular flexibility index (Phi) is 3.17. The van der Waals surface area contributed by atoms with E-state index in [0.29, 0.717) is 5.69 Å². The molecule has 0 radical (unpaired) electrons. The van der Waals surface area contributed by atoms with Crippen LogP contribution < -0.4 is 0 Å². The van der Waals surface area contributed by atoms with E-state index in [2.05, 4.69) is 5.10 Å². The molecular weight excluding hydrogens is 202 g/mol. The minimum absolute atomic E-state index is 0.347. The van der Waals surface area contributed by atoms with Crippen LogP contribution in [0.3, 0.4) is 0 Å². The molecule has 0 aliphatic rings. The summed E-state index contributed by atoms with van der Waals surface area (Å²) in [6.45, 7) is 1.47. The van der Waals surface area contributed by atoms with Crippen molar-refractivity contribution in [2.45, 2.75) is 13.0 Å². The molecular formula is C8H9N3O4. The van der Waals surface area contributed by atoms with Gasteiger partial charge in [-0.1, -0.05) is 0 Å². The standard InChI is InChI=1S/C8H9N3O4/c1-6(8(12)13)10-4-2-7(9-10)3-5-11(14)15/h2-6H,1H3,(H,12,13). The van der Waals surface area contributed by atoms with Crippen molar-refractivity contribution < 1.29 is 14.8 Å². The van der Waals surface area contributed by atoms with E-state index >= 15 is 0 Å². The molecule has 1 unspecified atom stereocenters. The van der Waals surface area contributed by atoms with Crippen LogP contribution in [0.15, 0.2) is 18.5 Å². The number of nitro groups is 1. The molecule has 0 saturated carbocycles. The molecule has 1 N–H and O–H groups in total. The van der Waals surface area contributed by atoms with Gasteiger partial charge in [0.25, 0.3) is 0 Å². The maximum atomic E-state index is 10.6. The fourth-order valence-electron chi connectivity index (χ4n) is 0.908. The van der Waals surface area contributed by atoms with Gasteiger partial charge in [0.15, 0.2) is 0 Å². The Morgan fingerprint density at radius 2 is 2.47 bits per heavy atom. The van der Waals surface area contributed by atoms with Crippen LogP contribution in [0.2, 0.25) is 0 Å². The lowest BCUT2D eigenvalue weighted by molar-refractivity contribution is -0.401. The maximum Gasteiger partial charge on any atom is 0.328 e. The van der Waals surface area contributed by atoms with Gasteiger partial charge in [-0.15, -0.1) is 0 Å². The highest BCUT2D eigenvalue weighted by Crippen LogP contribution is 2.06. The number of hydrogen-bond donors (Lipinski definition) is 1. The summed E-state index contributed by atoms with van der Waals surface area (Å²) in [5.74, 6) is -1.01. The van der Waals surface area contributed by atoms with Crippen molar-refractivity contribution >= 4 is 12.0 Å². The number of nitrogens with zero attached hydrogens (tertiary/aromatic N) is 3. The Morgan fingerprint density at radius 1 is 1.80 bits per heavy atom. The van der Waals surface area contributed by atoms with Crippen molar-refractivity contribution in [3.05, 3.63) is 34.3 Å². The molecule has 0 saturated heterocycles. The number of rotatable bonds is 4. The second-order valence-electron chi connectivity index (χ2n) is 2.84. The van der Waals surface area contributed by atoms with Crippen LogP contribution in [0.4, 0.5) is 0 Å². The van der Waals surface area contributed by atoms with Crippen molar-refractivity contribution in [1.82, 2.24) is 9.78 Å². The van der Waals surface area contributed by atoms with Crippen LogP contribution in [0.25, 0.3) is 6.08 Å². The molecule has 0 amide bonds. The van der Waals surface area contributed by atoms with E-state index in [9.17, 15) is 14.9 Å². The molecule has 1 aromatic rings. The van der Waals surface area contributed by atoms with Crippen LogP contribution in [-0.2, 0) is 4.79 Å². The van der Waals surface area contributed by atoms with Crippen LogP contribution in [0.5, 0.6) is 0 Å². The highest BCUT2D eigenvalue weighted by Gasteiger charge is 2.13. The van der Waals surface area contributed by atoms with Crippen LogP contribution in [0, 0.1) is 10.1 Å². The Hall–Kier alpha value is -2.18. The van der Waals surface area contributed by atoms with Gasteiger partial charge in [0, 0.05) is 12.3 Å². The highest BCUT2D eigenvalue weighted by molar-refractivity contribution is 5.71. The second kappa shape index (κ2) is 4.36. The fourth-order valence-corrected chi connectivity index (χ4v) is 0.908. The molecule has 1 atom stereocenters.